The first-order valence-electron chi connectivity index (χ1n) is 5.51. The summed E-state index contributed by atoms with van der Waals surface area (Å²) >= 11 is 3.30. The Balaban J connectivity index is 2.87. The minimum absolute atomic E-state index is 0.0587. The molecule has 0 heterocycles. The molecule has 0 N–H and O–H groups in total. The lowest BCUT2D eigenvalue weighted by atomic mass is 10.2. The molecule has 7 heteroatoms. The van der Waals surface area contributed by atoms with Gasteiger partial charge in [0.25, 0.3) is 5.91 Å². The predicted octanol–water partition coefficient (Wildman–Crippen LogP) is 1.57. The van der Waals surface area contributed by atoms with Crippen LogP contribution in [0.25, 0.3) is 0 Å². The number of hydrogen-bond acceptors (Lipinski definition) is 4. The van der Waals surface area contributed by atoms with Gasteiger partial charge < -0.3 is 9.64 Å². The second-order valence-electron chi connectivity index (χ2n) is 4.20. The highest BCUT2D eigenvalue weighted by Gasteiger charge is 2.17. The number of sulfone groups is 1. The molecule has 0 saturated carbocycles. The fourth-order valence-corrected chi connectivity index (χ4v) is 2.43. The Morgan fingerprint density at radius 1 is 1.42 bits per heavy atom. The minimum atomic E-state index is -3.09. The third-order valence-electron chi connectivity index (χ3n) is 2.55. The van der Waals surface area contributed by atoms with Gasteiger partial charge in [0.2, 0.25) is 0 Å². The molecule has 1 aromatic rings. The van der Waals surface area contributed by atoms with Gasteiger partial charge in [0, 0.05) is 24.3 Å². The van der Waals surface area contributed by atoms with Crippen molar-refractivity contribution >= 4 is 31.7 Å². The quantitative estimate of drug-likeness (QED) is 0.809. The fraction of sp³-hybridized carbons (Fsp3) is 0.417. The number of amides is 1. The highest BCUT2D eigenvalue weighted by molar-refractivity contribution is 9.10. The van der Waals surface area contributed by atoms with E-state index in [0.29, 0.717) is 15.8 Å². The molecule has 0 saturated heterocycles. The Morgan fingerprint density at radius 2 is 2.05 bits per heavy atom. The normalized spacial score (nSPS) is 11.2. The Morgan fingerprint density at radius 3 is 2.58 bits per heavy atom. The minimum Gasteiger partial charge on any atom is -0.497 e. The molecular formula is C12H16BrNO4S. The molecule has 0 aromatic heterocycles. The fourth-order valence-electron chi connectivity index (χ4n) is 1.41. The molecule has 0 atom stereocenters. The van der Waals surface area contributed by atoms with Crippen LogP contribution in [0.2, 0.25) is 0 Å². The van der Waals surface area contributed by atoms with E-state index in [1.807, 2.05) is 0 Å². The monoisotopic (exact) mass is 349 g/mol. The first-order chi connectivity index (χ1) is 8.74. The lowest BCUT2D eigenvalue weighted by Crippen LogP contribution is -2.31. The number of hydrogen-bond donors (Lipinski definition) is 0. The van der Waals surface area contributed by atoms with E-state index in [2.05, 4.69) is 15.9 Å². The van der Waals surface area contributed by atoms with Crippen LogP contribution in [0, 0.1) is 0 Å². The zero-order chi connectivity index (χ0) is 14.6. The van der Waals surface area contributed by atoms with Gasteiger partial charge in [-0.2, -0.15) is 0 Å². The van der Waals surface area contributed by atoms with Crippen molar-refractivity contribution < 1.29 is 17.9 Å². The van der Waals surface area contributed by atoms with Gasteiger partial charge in [-0.3, -0.25) is 4.79 Å². The van der Waals surface area contributed by atoms with Crippen LogP contribution < -0.4 is 4.74 Å². The van der Waals surface area contributed by atoms with Gasteiger partial charge in [0.05, 0.1) is 18.4 Å². The van der Waals surface area contributed by atoms with E-state index >= 15 is 0 Å². The highest BCUT2D eigenvalue weighted by Crippen LogP contribution is 2.23. The molecule has 0 bridgehead atoms. The number of ether oxygens (including phenoxy) is 1. The molecule has 0 aliphatic carbocycles. The summed E-state index contributed by atoms with van der Waals surface area (Å²) in [6.45, 7) is 0.154. The number of rotatable bonds is 5. The molecule has 1 rings (SSSR count). The van der Waals surface area contributed by atoms with Crippen LogP contribution in [0.15, 0.2) is 22.7 Å². The second kappa shape index (κ2) is 6.38. The SMILES string of the molecule is COc1ccc(Br)c(C(=O)N(C)CCS(C)(=O)=O)c1. The highest BCUT2D eigenvalue weighted by atomic mass is 79.9. The molecule has 5 nitrogen and oxygen atoms in total. The average Bonchev–Trinajstić information content (AvgIpc) is 2.35. The third kappa shape index (κ3) is 4.83. The van der Waals surface area contributed by atoms with Gasteiger partial charge in [-0.25, -0.2) is 8.42 Å². The third-order valence-corrected chi connectivity index (χ3v) is 4.16. The molecule has 0 radical (unpaired) electrons. The Bertz CT molecular complexity index is 571. The molecule has 1 aromatic carbocycles. The van der Waals surface area contributed by atoms with Crippen LogP contribution in [-0.4, -0.2) is 51.9 Å². The lowest BCUT2D eigenvalue weighted by molar-refractivity contribution is 0.0802. The maximum Gasteiger partial charge on any atom is 0.254 e. The zero-order valence-electron chi connectivity index (χ0n) is 11.0. The van der Waals surface area contributed by atoms with Crippen LogP contribution in [0.5, 0.6) is 5.75 Å². The lowest BCUT2D eigenvalue weighted by Gasteiger charge is -2.17. The van der Waals surface area contributed by atoms with Crippen molar-refractivity contribution in [1.29, 1.82) is 0 Å². The summed E-state index contributed by atoms with van der Waals surface area (Å²) in [5, 5.41) is 0. The number of carbonyl (C=O) groups is 1. The van der Waals surface area contributed by atoms with E-state index in [-0.39, 0.29) is 18.2 Å². The molecule has 0 spiro atoms. The number of nitrogens with zero attached hydrogens (tertiary/aromatic N) is 1. The van der Waals surface area contributed by atoms with Crippen LogP contribution in [0.3, 0.4) is 0 Å². The molecular weight excluding hydrogens is 334 g/mol. The van der Waals surface area contributed by atoms with Gasteiger partial charge in [-0.15, -0.1) is 0 Å². The van der Waals surface area contributed by atoms with Gasteiger partial charge >= 0.3 is 0 Å². The van der Waals surface area contributed by atoms with Crippen LogP contribution in [0.4, 0.5) is 0 Å². The summed E-state index contributed by atoms with van der Waals surface area (Å²) in [5.41, 5.74) is 0.440. The van der Waals surface area contributed by atoms with E-state index in [4.69, 9.17) is 4.74 Å². The average molecular weight is 350 g/mol. The first kappa shape index (κ1) is 16.0. The van der Waals surface area contributed by atoms with Crippen LogP contribution in [-0.2, 0) is 9.84 Å². The topological polar surface area (TPSA) is 63.7 Å². The maximum atomic E-state index is 12.2. The largest absolute Gasteiger partial charge is 0.497 e. The summed E-state index contributed by atoms with van der Waals surface area (Å²) in [6, 6.07) is 5.07. The van der Waals surface area contributed by atoms with E-state index in [0.717, 1.165) is 6.26 Å². The van der Waals surface area contributed by atoms with Crippen molar-refractivity contribution in [3.63, 3.8) is 0 Å². The van der Waals surface area contributed by atoms with E-state index in [1.165, 1.54) is 12.0 Å². The van der Waals surface area contributed by atoms with Crippen molar-refractivity contribution in [2.24, 2.45) is 0 Å². The molecule has 19 heavy (non-hydrogen) atoms. The zero-order valence-corrected chi connectivity index (χ0v) is 13.4. The summed E-state index contributed by atoms with van der Waals surface area (Å²) in [5.74, 6) is 0.258. The van der Waals surface area contributed by atoms with Crippen molar-refractivity contribution in [1.82, 2.24) is 4.90 Å². The predicted molar refractivity (Wildman–Crippen MR) is 77.4 cm³/mol. The maximum absolute atomic E-state index is 12.2. The first-order valence-corrected chi connectivity index (χ1v) is 8.36. The second-order valence-corrected chi connectivity index (χ2v) is 7.32. The molecule has 0 unspecified atom stereocenters. The summed E-state index contributed by atoms with van der Waals surface area (Å²) in [7, 11) is -0.000551. The molecule has 1 amide bonds. The van der Waals surface area contributed by atoms with Crippen LogP contribution in [0.1, 0.15) is 10.4 Å². The number of carbonyl (C=O) groups excluding carboxylic acids is 1. The van der Waals surface area contributed by atoms with Gasteiger partial charge in [-0.1, -0.05) is 0 Å². The Hall–Kier alpha value is -1.08. The molecule has 0 aliphatic rings. The number of benzene rings is 1. The van der Waals surface area contributed by atoms with Gasteiger partial charge in [0.1, 0.15) is 15.6 Å². The smallest absolute Gasteiger partial charge is 0.254 e. The van der Waals surface area contributed by atoms with E-state index in [9.17, 15) is 13.2 Å². The molecule has 0 fully saturated rings. The van der Waals surface area contributed by atoms with Gasteiger partial charge in [0.15, 0.2) is 0 Å². The van der Waals surface area contributed by atoms with E-state index < -0.39 is 9.84 Å². The van der Waals surface area contributed by atoms with E-state index in [1.54, 1.807) is 25.2 Å². The summed E-state index contributed by atoms with van der Waals surface area (Å²) in [6.07, 6.45) is 1.15. The molecule has 0 aliphatic heterocycles. The molecule has 106 valence electrons. The Kier molecular flexibility index (Phi) is 5.37. The van der Waals surface area contributed by atoms with Crippen molar-refractivity contribution in [3.05, 3.63) is 28.2 Å². The Labute approximate surface area is 121 Å². The van der Waals surface area contributed by atoms with Crippen molar-refractivity contribution in [2.45, 2.75) is 0 Å². The van der Waals surface area contributed by atoms with Crippen molar-refractivity contribution in [3.8, 4) is 5.75 Å². The van der Waals surface area contributed by atoms with Crippen molar-refractivity contribution in [2.75, 3.05) is 32.7 Å². The summed E-state index contributed by atoms with van der Waals surface area (Å²) in [4.78, 5) is 13.6. The standard InChI is InChI=1S/C12H16BrNO4S/c1-14(6-7-19(3,16)17)12(15)10-8-9(18-2)4-5-11(10)13/h4-5,8H,6-7H2,1-3H3. The number of methoxy groups -OCH3 is 1. The number of halogens is 1. The summed E-state index contributed by atoms with van der Waals surface area (Å²) < 4.78 is 27.9. The van der Waals surface area contributed by atoms with Gasteiger partial charge in [-0.05, 0) is 34.1 Å². The van der Waals surface area contributed by atoms with Crippen LogP contribution >= 0.6 is 15.9 Å².